The molecule has 0 bridgehead atoms. The Hall–Kier alpha value is -3.55. The molecule has 0 saturated carbocycles. The third-order valence-corrected chi connectivity index (χ3v) is 5.64. The Morgan fingerprint density at radius 1 is 1.13 bits per heavy atom. The van der Waals surface area contributed by atoms with Gasteiger partial charge in [-0.25, -0.2) is 4.79 Å². The van der Waals surface area contributed by atoms with Crippen LogP contribution in [0.15, 0.2) is 42.5 Å². The number of hydrogen-bond donors (Lipinski definition) is 1. The number of nitrogens with zero attached hydrogens (tertiary/aromatic N) is 1. The number of esters is 1. The van der Waals surface area contributed by atoms with Crippen LogP contribution in [0.2, 0.25) is 0 Å². The van der Waals surface area contributed by atoms with E-state index in [-0.39, 0.29) is 18.2 Å². The maximum atomic E-state index is 12.9. The van der Waals surface area contributed by atoms with Gasteiger partial charge in [-0.2, -0.15) is 0 Å². The Labute approximate surface area is 180 Å². The van der Waals surface area contributed by atoms with Crippen molar-refractivity contribution in [3.8, 4) is 11.5 Å². The first-order chi connectivity index (χ1) is 15.0. The highest BCUT2D eigenvalue weighted by Crippen LogP contribution is 2.38. The van der Waals surface area contributed by atoms with Crippen molar-refractivity contribution >= 4 is 17.8 Å². The van der Waals surface area contributed by atoms with Gasteiger partial charge in [-0.1, -0.05) is 24.3 Å². The molecule has 2 aliphatic rings. The van der Waals surface area contributed by atoms with Gasteiger partial charge in [0.1, 0.15) is 6.04 Å². The fourth-order valence-corrected chi connectivity index (χ4v) is 4.07. The molecule has 0 spiro atoms. The Morgan fingerprint density at radius 2 is 1.90 bits per heavy atom. The minimum atomic E-state index is -0.861. The minimum absolute atomic E-state index is 0.199. The smallest absolute Gasteiger partial charge is 0.340 e. The summed E-state index contributed by atoms with van der Waals surface area (Å²) in [5.74, 6) is 0.330. The summed E-state index contributed by atoms with van der Waals surface area (Å²) < 4.78 is 16.0. The Kier molecular flexibility index (Phi) is 5.79. The standard InChI is InChI=1S/C23H24N2O6/c1-29-18-9-7-14(13-19(18)30-2)11-12-24-21(27)17-8-10-20(26)25(17)22-15-5-3-4-6-16(15)23(28)31-22/h3-7,9,13,17,22H,8,10-12H2,1-2H3,(H,24,27)/t17-,22+/m1/s1. The molecule has 2 atom stereocenters. The van der Waals surface area contributed by atoms with Gasteiger partial charge in [-0.05, 0) is 36.6 Å². The third kappa shape index (κ3) is 3.93. The Morgan fingerprint density at radius 3 is 2.68 bits per heavy atom. The lowest BCUT2D eigenvalue weighted by atomic mass is 10.1. The van der Waals surface area contributed by atoms with E-state index in [0.717, 1.165) is 5.56 Å². The van der Waals surface area contributed by atoms with Crippen LogP contribution in [0.1, 0.15) is 40.6 Å². The number of carbonyl (C=O) groups excluding carboxylic acids is 3. The highest BCUT2D eigenvalue weighted by molar-refractivity contribution is 5.96. The van der Waals surface area contributed by atoms with Crippen LogP contribution in [0, 0.1) is 0 Å². The van der Waals surface area contributed by atoms with Crippen molar-refractivity contribution < 1.29 is 28.6 Å². The van der Waals surface area contributed by atoms with Crippen LogP contribution < -0.4 is 14.8 Å². The average Bonchev–Trinajstić information content (AvgIpc) is 3.33. The number of ether oxygens (including phenoxy) is 3. The molecular formula is C23H24N2O6. The van der Waals surface area contributed by atoms with Crippen molar-refractivity contribution in [3.63, 3.8) is 0 Å². The zero-order chi connectivity index (χ0) is 22.0. The molecule has 2 aliphatic heterocycles. The molecule has 4 rings (SSSR count). The van der Waals surface area contributed by atoms with Crippen molar-refractivity contribution in [1.29, 1.82) is 0 Å². The molecule has 0 radical (unpaired) electrons. The first-order valence-corrected chi connectivity index (χ1v) is 10.1. The number of carbonyl (C=O) groups is 3. The van der Waals surface area contributed by atoms with Gasteiger partial charge < -0.3 is 19.5 Å². The van der Waals surface area contributed by atoms with Crippen LogP contribution in [0.5, 0.6) is 11.5 Å². The van der Waals surface area contributed by atoms with Gasteiger partial charge in [0.25, 0.3) is 0 Å². The number of nitrogens with one attached hydrogen (secondary N) is 1. The summed E-state index contributed by atoms with van der Waals surface area (Å²) >= 11 is 0. The van der Waals surface area contributed by atoms with Gasteiger partial charge in [0.05, 0.1) is 19.8 Å². The molecule has 1 saturated heterocycles. The number of benzene rings is 2. The third-order valence-electron chi connectivity index (χ3n) is 5.64. The van der Waals surface area contributed by atoms with E-state index in [1.54, 1.807) is 38.5 Å². The summed E-state index contributed by atoms with van der Waals surface area (Å²) in [6.45, 7) is 0.397. The lowest BCUT2D eigenvalue weighted by Crippen LogP contribution is -2.46. The molecule has 2 amide bonds. The molecule has 0 unspecified atom stereocenters. The van der Waals surface area contributed by atoms with Crippen LogP contribution in [-0.2, 0) is 20.7 Å². The fraction of sp³-hybridized carbons (Fsp3) is 0.348. The van der Waals surface area contributed by atoms with E-state index >= 15 is 0 Å². The number of rotatable bonds is 7. The first kappa shape index (κ1) is 20.7. The van der Waals surface area contributed by atoms with Crippen LogP contribution in [0.4, 0.5) is 0 Å². The van der Waals surface area contributed by atoms with Crippen molar-refractivity contribution in [1.82, 2.24) is 10.2 Å². The summed E-state index contributed by atoms with van der Waals surface area (Å²) in [6, 6.07) is 11.9. The highest BCUT2D eigenvalue weighted by Gasteiger charge is 2.46. The molecule has 2 aromatic rings. The van der Waals surface area contributed by atoms with Gasteiger partial charge in [-0.15, -0.1) is 0 Å². The molecule has 1 N–H and O–H groups in total. The summed E-state index contributed by atoms with van der Waals surface area (Å²) in [5, 5.41) is 2.90. The number of cyclic esters (lactones) is 1. The van der Waals surface area contributed by atoms with E-state index < -0.39 is 18.2 Å². The predicted octanol–water partition coefficient (Wildman–Crippen LogP) is 2.22. The van der Waals surface area contributed by atoms with Gasteiger partial charge in [0.15, 0.2) is 11.5 Å². The van der Waals surface area contributed by atoms with Crippen molar-refractivity contribution in [2.24, 2.45) is 0 Å². The molecule has 8 nitrogen and oxygen atoms in total. The van der Waals surface area contributed by atoms with Crippen molar-refractivity contribution in [3.05, 3.63) is 59.2 Å². The van der Waals surface area contributed by atoms with Gasteiger partial charge in [0.2, 0.25) is 18.0 Å². The van der Waals surface area contributed by atoms with E-state index in [1.807, 2.05) is 18.2 Å². The quantitative estimate of drug-likeness (QED) is 0.685. The molecule has 0 aromatic heterocycles. The maximum Gasteiger partial charge on any atom is 0.340 e. The zero-order valence-electron chi connectivity index (χ0n) is 17.4. The fourth-order valence-electron chi connectivity index (χ4n) is 4.07. The molecule has 0 aliphatic carbocycles. The minimum Gasteiger partial charge on any atom is -0.493 e. The second-order valence-corrected chi connectivity index (χ2v) is 7.43. The van der Waals surface area contributed by atoms with E-state index in [2.05, 4.69) is 5.32 Å². The second kappa shape index (κ2) is 8.67. The molecule has 8 heteroatoms. The van der Waals surface area contributed by atoms with Gasteiger partial charge in [-0.3, -0.25) is 14.5 Å². The zero-order valence-corrected chi connectivity index (χ0v) is 17.4. The number of methoxy groups -OCH3 is 2. The number of hydrogen-bond acceptors (Lipinski definition) is 6. The van der Waals surface area contributed by atoms with E-state index in [4.69, 9.17) is 14.2 Å². The largest absolute Gasteiger partial charge is 0.493 e. The Balaban J connectivity index is 1.42. The van der Waals surface area contributed by atoms with E-state index in [0.29, 0.717) is 42.0 Å². The van der Waals surface area contributed by atoms with Crippen LogP contribution in [-0.4, -0.2) is 49.5 Å². The molecular weight excluding hydrogens is 400 g/mol. The number of amides is 2. The summed E-state index contributed by atoms with van der Waals surface area (Å²) in [7, 11) is 3.15. The van der Waals surface area contributed by atoms with Gasteiger partial charge >= 0.3 is 5.97 Å². The summed E-state index contributed by atoms with van der Waals surface area (Å²) in [5.41, 5.74) is 2.03. The number of fused-ring (bicyclic) bond motifs is 1. The Bertz CT molecular complexity index is 1020. The summed E-state index contributed by atoms with van der Waals surface area (Å²) in [4.78, 5) is 39.0. The van der Waals surface area contributed by atoms with Crippen LogP contribution in [0.3, 0.4) is 0 Å². The monoisotopic (exact) mass is 424 g/mol. The molecule has 2 heterocycles. The van der Waals surface area contributed by atoms with E-state index in [9.17, 15) is 14.4 Å². The summed E-state index contributed by atoms with van der Waals surface area (Å²) in [6.07, 6.45) is 0.357. The topological polar surface area (TPSA) is 94.2 Å². The van der Waals surface area contributed by atoms with E-state index in [1.165, 1.54) is 4.90 Å². The molecule has 1 fully saturated rings. The van der Waals surface area contributed by atoms with Gasteiger partial charge in [0, 0.05) is 18.5 Å². The first-order valence-electron chi connectivity index (χ1n) is 10.1. The second-order valence-electron chi connectivity index (χ2n) is 7.43. The maximum absolute atomic E-state index is 12.9. The van der Waals surface area contributed by atoms with Crippen LogP contribution >= 0.6 is 0 Å². The highest BCUT2D eigenvalue weighted by atomic mass is 16.6. The van der Waals surface area contributed by atoms with Crippen LogP contribution in [0.25, 0.3) is 0 Å². The molecule has 162 valence electrons. The lowest BCUT2D eigenvalue weighted by Gasteiger charge is -2.29. The van der Waals surface area contributed by atoms with Crippen molar-refractivity contribution in [2.45, 2.75) is 31.5 Å². The SMILES string of the molecule is COc1ccc(CCNC(=O)[C@H]2CCC(=O)N2[C@H]2OC(=O)c3ccccc32)cc1OC. The molecule has 31 heavy (non-hydrogen) atoms. The predicted molar refractivity (Wildman–Crippen MR) is 111 cm³/mol. The molecule has 2 aromatic carbocycles. The number of likely N-dealkylation sites (tertiary alicyclic amines) is 1. The normalized spacial score (nSPS) is 19.7. The lowest BCUT2D eigenvalue weighted by molar-refractivity contribution is -0.145. The van der Waals surface area contributed by atoms with Crippen molar-refractivity contribution in [2.75, 3.05) is 20.8 Å². The average molecular weight is 424 g/mol.